The molecule has 0 saturated carbocycles. The number of halogens is 2. The van der Waals surface area contributed by atoms with Gasteiger partial charge in [0.1, 0.15) is 28.5 Å². The van der Waals surface area contributed by atoms with Crippen LogP contribution in [0.2, 0.25) is 0 Å². The normalized spacial score (nSPS) is 16.6. The number of carbonyl (C=O) groups is 2. The van der Waals surface area contributed by atoms with Crippen LogP contribution in [-0.2, 0) is 0 Å². The summed E-state index contributed by atoms with van der Waals surface area (Å²) in [6, 6.07) is 14.0. The third-order valence-electron chi connectivity index (χ3n) is 6.59. The Morgan fingerprint density at radius 1 is 1.00 bits per heavy atom. The standard InChI is InChI=1S/C27H24F2N2O3/c1-16-13-20-23(32)15-27(9-11-30-12-10-27)34-24(20)14-19(16)17-5-7-18(8-6-17)31-26(33)25-21(28)3-2-4-22(25)29/h2-8,13-14,30H,9-12,15H2,1H3,(H,31,33). The fraction of sp³-hybridized carbons (Fsp3) is 0.259. The number of aryl methyl sites for hydroxylation is 1. The minimum absolute atomic E-state index is 0.108. The van der Waals surface area contributed by atoms with Crippen LogP contribution >= 0.6 is 0 Å². The summed E-state index contributed by atoms with van der Waals surface area (Å²) in [6.45, 7) is 3.59. The first kappa shape index (κ1) is 22.2. The van der Waals surface area contributed by atoms with Crippen LogP contribution < -0.4 is 15.4 Å². The zero-order chi connectivity index (χ0) is 23.9. The molecule has 3 aromatic rings. The van der Waals surface area contributed by atoms with Gasteiger partial charge in [-0.3, -0.25) is 9.59 Å². The van der Waals surface area contributed by atoms with Crippen molar-refractivity contribution in [2.45, 2.75) is 31.8 Å². The van der Waals surface area contributed by atoms with Gasteiger partial charge in [0.25, 0.3) is 5.91 Å². The lowest BCUT2D eigenvalue weighted by Crippen LogP contribution is -2.49. The number of hydrogen-bond donors (Lipinski definition) is 2. The van der Waals surface area contributed by atoms with Gasteiger partial charge in [0.05, 0.1) is 12.0 Å². The molecule has 5 nitrogen and oxygen atoms in total. The number of ether oxygens (including phenoxy) is 1. The summed E-state index contributed by atoms with van der Waals surface area (Å²) < 4.78 is 34.2. The Bertz CT molecular complexity index is 1260. The number of amides is 1. The molecule has 34 heavy (non-hydrogen) atoms. The third kappa shape index (κ3) is 4.07. The molecule has 0 aromatic heterocycles. The molecule has 174 valence electrons. The maximum atomic E-state index is 13.9. The number of nitrogens with one attached hydrogen (secondary N) is 2. The number of benzene rings is 3. The molecule has 2 aliphatic heterocycles. The third-order valence-corrected chi connectivity index (χ3v) is 6.59. The highest BCUT2D eigenvalue weighted by Gasteiger charge is 2.41. The number of fused-ring (bicyclic) bond motifs is 1. The van der Waals surface area contributed by atoms with Crippen LogP contribution in [-0.4, -0.2) is 30.4 Å². The Labute approximate surface area is 196 Å². The second kappa shape index (κ2) is 8.65. The van der Waals surface area contributed by atoms with Crippen LogP contribution in [0.3, 0.4) is 0 Å². The predicted molar refractivity (Wildman–Crippen MR) is 125 cm³/mol. The van der Waals surface area contributed by atoms with Gasteiger partial charge in [0.15, 0.2) is 5.78 Å². The van der Waals surface area contributed by atoms with Crippen LogP contribution in [0.25, 0.3) is 11.1 Å². The van der Waals surface area contributed by atoms with E-state index in [9.17, 15) is 18.4 Å². The number of ketones is 1. The SMILES string of the molecule is Cc1cc2c(cc1-c1ccc(NC(=O)c3c(F)cccc3F)cc1)OC1(CCNCC1)CC2=O. The van der Waals surface area contributed by atoms with Gasteiger partial charge in [-0.1, -0.05) is 18.2 Å². The van der Waals surface area contributed by atoms with Gasteiger partial charge < -0.3 is 15.4 Å². The Morgan fingerprint density at radius 3 is 2.35 bits per heavy atom. The molecule has 0 atom stereocenters. The van der Waals surface area contributed by atoms with E-state index in [1.807, 2.05) is 31.2 Å². The molecule has 3 aromatic carbocycles. The number of anilines is 1. The van der Waals surface area contributed by atoms with E-state index < -0.39 is 28.7 Å². The maximum absolute atomic E-state index is 13.9. The van der Waals surface area contributed by atoms with Crippen molar-refractivity contribution in [2.24, 2.45) is 0 Å². The van der Waals surface area contributed by atoms with Crippen molar-refractivity contribution in [1.82, 2.24) is 5.32 Å². The van der Waals surface area contributed by atoms with E-state index in [2.05, 4.69) is 10.6 Å². The van der Waals surface area contributed by atoms with Gasteiger partial charge >= 0.3 is 0 Å². The van der Waals surface area contributed by atoms with Gasteiger partial charge in [0, 0.05) is 18.5 Å². The van der Waals surface area contributed by atoms with Crippen molar-refractivity contribution in [2.75, 3.05) is 18.4 Å². The maximum Gasteiger partial charge on any atom is 0.261 e. The molecule has 7 heteroatoms. The number of hydrogen-bond acceptors (Lipinski definition) is 4. The quantitative estimate of drug-likeness (QED) is 0.556. The minimum Gasteiger partial charge on any atom is -0.486 e. The van der Waals surface area contributed by atoms with E-state index in [-0.39, 0.29) is 5.78 Å². The topological polar surface area (TPSA) is 67.4 Å². The highest BCUT2D eigenvalue weighted by molar-refractivity contribution is 6.05. The minimum atomic E-state index is -0.917. The largest absolute Gasteiger partial charge is 0.486 e. The van der Waals surface area contributed by atoms with Gasteiger partial charge in [-0.2, -0.15) is 0 Å². The van der Waals surface area contributed by atoms with Gasteiger partial charge in [-0.15, -0.1) is 0 Å². The van der Waals surface area contributed by atoms with Crippen molar-refractivity contribution in [1.29, 1.82) is 0 Å². The van der Waals surface area contributed by atoms with E-state index in [0.717, 1.165) is 54.8 Å². The fourth-order valence-corrected chi connectivity index (χ4v) is 4.76. The first-order valence-corrected chi connectivity index (χ1v) is 11.3. The lowest BCUT2D eigenvalue weighted by Gasteiger charge is -2.41. The molecular formula is C27H24F2N2O3. The Morgan fingerprint density at radius 2 is 1.68 bits per heavy atom. The summed E-state index contributed by atoms with van der Waals surface area (Å²) in [5, 5.41) is 5.85. The summed E-state index contributed by atoms with van der Waals surface area (Å²) in [7, 11) is 0. The Balaban J connectivity index is 1.40. The number of carbonyl (C=O) groups excluding carboxylic acids is 2. The molecule has 5 rings (SSSR count). The first-order valence-electron chi connectivity index (χ1n) is 11.3. The van der Waals surface area contributed by atoms with Crippen molar-refractivity contribution < 1.29 is 23.1 Å². The van der Waals surface area contributed by atoms with E-state index in [1.54, 1.807) is 12.1 Å². The van der Waals surface area contributed by atoms with E-state index in [4.69, 9.17) is 4.74 Å². The zero-order valence-corrected chi connectivity index (χ0v) is 18.7. The highest BCUT2D eigenvalue weighted by Crippen LogP contribution is 2.41. The summed E-state index contributed by atoms with van der Waals surface area (Å²) in [6.07, 6.45) is 1.98. The molecule has 0 bridgehead atoms. The second-order valence-electron chi connectivity index (χ2n) is 8.93. The number of piperidine rings is 1. The summed E-state index contributed by atoms with van der Waals surface area (Å²) in [5.74, 6) is -1.98. The fourth-order valence-electron chi connectivity index (χ4n) is 4.76. The molecule has 1 saturated heterocycles. The average molecular weight is 462 g/mol. The van der Waals surface area contributed by atoms with Crippen LogP contribution in [0.4, 0.5) is 14.5 Å². The smallest absolute Gasteiger partial charge is 0.261 e. The van der Waals surface area contributed by atoms with Gasteiger partial charge in [-0.25, -0.2) is 8.78 Å². The molecule has 0 radical (unpaired) electrons. The van der Waals surface area contributed by atoms with Crippen LogP contribution in [0.5, 0.6) is 5.75 Å². The molecular weight excluding hydrogens is 438 g/mol. The summed E-state index contributed by atoms with van der Waals surface area (Å²) in [5.41, 5.74) is 2.67. The molecule has 2 aliphatic rings. The van der Waals surface area contributed by atoms with Crippen molar-refractivity contribution in [3.63, 3.8) is 0 Å². The lowest BCUT2D eigenvalue weighted by molar-refractivity contribution is 0.0187. The molecule has 1 fully saturated rings. The van der Waals surface area contributed by atoms with Crippen molar-refractivity contribution in [3.05, 3.63) is 82.9 Å². The van der Waals surface area contributed by atoms with Gasteiger partial charge in [-0.05, 0) is 73.1 Å². The average Bonchev–Trinajstić information content (AvgIpc) is 2.80. The highest BCUT2D eigenvalue weighted by atomic mass is 19.1. The van der Waals surface area contributed by atoms with Crippen molar-refractivity contribution in [3.8, 4) is 16.9 Å². The van der Waals surface area contributed by atoms with Crippen LogP contribution in [0.1, 0.15) is 45.5 Å². The first-order chi connectivity index (χ1) is 16.3. The van der Waals surface area contributed by atoms with E-state index in [0.29, 0.717) is 23.4 Å². The molecule has 1 amide bonds. The second-order valence-corrected chi connectivity index (χ2v) is 8.93. The van der Waals surface area contributed by atoms with Gasteiger partial charge in [0.2, 0.25) is 0 Å². The zero-order valence-electron chi connectivity index (χ0n) is 18.7. The Hall–Kier alpha value is -3.58. The monoisotopic (exact) mass is 462 g/mol. The molecule has 2 heterocycles. The van der Waals surface area contributed by atoms with Crippen molar-refractivity contribution >= 4 is 17.4 Å². The van der Waals surface area contributed by atoms with Crippen LogP contribution in [0, 0.1) is 18.6 Å². The summed E-state index contributed by atoms with van der Waals surface area (Å²) >= 11 is 0. The molecule has 2 N–H and O–H groups in total. The molecule has 0 aliphatic carbocycles. The predicted octanol–water partition coefficient (Wildman–Crippen LogP) is 5.28. The Kier molecular flexibility index (Phi) is 5.65. The van der Waals surface area contributed by atoms with Crippen LogP contribution in [0.15, 0.2) is 54.6 Å². The molecule has 1 spiro atoms. The summed E-state index contributed by atoms with van der Waals surface area (Å²) in [4.78, 5) is 25.2. The van der Waals surface area contributed by atoms with E-state index in [1.165, 1.54) is 6.07 Å². The molecule has 0 unspecified atom stereocenters. The number of Topliss-reactive ketones (excluding diaryl/α,β-unsaturated/α-hetero) is 1. The van der Waals surface area contributed by atoms with E-state index >= 15 is 0 Å². The number of rotatable bonds is 3. The lowest BCUT2D eigenvalue weighted by atomic mass is 9.82.